The van der Waals surface area contributed by atoms with Crippen LogP contribution in [0.3, 0.4) is 0 Å². The first-order chi connectivity index (χ1) is 10.8. The summed E-state index contributed by atoms with van der Waals surface area (Å²) in [5, 5.41) is 9.58. The number of aromatic amines is 1. The molecule has 7 nitrogen and oxygen atoms in total. The topological polar surface area (TPSA) is 92.8 Å². The second-order valence-corrected chi connectivity index (χ2v) is 4.39. The first-order valence-electron chi connectivity index (χ1n) is 6.54. The van der Waals surface area contributed by atoms with Gasteiger partial charge in [0.2, 0.25) is 5.88 Å². The average Bonchev–Trinajstić information content (AvgIpc) is 3.03. The van der Waals surface area contributed by atoms with Crippen LogP contribution in [-0.4, -0.2) is 33.2 Å². The molecule has 0 spiro atoms. The molecule has 3 rings (SSSR count). The van der Waals surface area contributed by atoms with Crippen LogP contribution in [0.2, 0.25) is 0 Å². The van der Waals surface area contributed by atoms with Gasteiger partial charge in [0.1, 0.15) is 11.3 Å². The Morgan fingerprint density at radius 2 is 2.05 bits per heavy atom. The number of anilines is 1. The molecule has 0 bridgehead atoms. The minimum atomic E-state index is -0.330. The molecule has 0 saturated heterocycles. The van der Waals surface area contributed by atoms with Crippen LogP contribution in [0.5, 0.6) is 5.88 Å². The van der Waals surface area contributed by atoms with E-state index in [2.05, 4.69) is 25.5 Å². The molecule has 0 radical (unpaired) electrons. The van der Waals surface area contributed by atoms with Gasteiger partial charge in [0.05, 0.1) is 24.7 Å². The summed E-state index contributed by atoms with van der Waals surface area (Å²) in [6, 6.07) is 8.82. The molecule has 0 aromatic carbocycles. The van der Waals surface area contributed by atoms with Gasteiger partial charge in [-0.05, 0) is 24.3 Å². The number of carbonyl (C=O) groups is 1. The van der Waals surface area contributed by atoms with Crippen LogP contribution < -0.4 is 10.1 Å². The maximum absolute atomic E-state index is 12.4. The van der Waals surface area contributed by atoms with E-state index in [1.807, 2.05) is 18.2 Å². The van der Waals surface area contributed by atoms with Crippen LogP contribution >= 0.6 is 0 Å². The van der Waals surface area contributed by atoms with Crippen LogP contribution in [0.25, 0.3) is 11.4 Å². The molecule has 0 atom stereocenters. The van der Waals surface area contributed by atoms with Crippen LogP contribution in [0.4, 0.5) is 5.69 Å². The number of ether oxygens (including phenoxy) is 1. The van der Waals surface area contributed by atoms with Crippen molar-refractivity contribution in [3.05, 3.63) is 54.5 Å². The summed E-state index contributed by atoms with van der Waals surface area (Å²) in [6.45, 7) is 0. The highest BCUT2D eigenvalue weighted by molar-refractivity contribution is 6.07. The number of nitrogens with one attached hydrogen (secondary N) is 2. The van der Waals surface area contributed by atoms with Gasteiger partial charge in [-0.15, -0.1) is 0 Å². The number of pyridine rings is 2. The van der Waals surface area contributed by atoms with Gasteiger partial charge in [0.15, 0.2) is 0 Å². The van der Waals surface area contributed by atoms with E-state index in [1.165, 1.54) is 13.3 Å². The van der Waals surface area contributed by atoms with Gasteiger partial charge in [-0.25, -0.2) is 4.98 Å². The molecule has 7 heteroatoms. The Kier molecular flexibility index (Phi) is 3.78. The number of carbonyl (C=O) groups excluding carboxylic acids is 1. The van der Waals surface area contributed by atoms with Crippen LogP contribution in [0.15, 0.2) is 48.9 Å². The number of aromatic nitrogens is 4. The summed E-state index contributed by atoms with van der Waals surface area (Å²) in [5.41, 5.74) is 2.21. The highest BCUT2D eigenvalue weighted by Crippen LogP contribution is 2.24. The molecule has 0 fully saturated rings. The van der Waals surface area contributed by atoms with Gasteiger partial charge in [0, 0.05) is 12.4 Å². The fraction of sp³-hybridized carbons (Fsp3) is 0.0667. The van der Waals surface area contributed by atoms with Gasteiger partial charge in [-0.2, -0.15) is 5.10 Å². The molecule has 22 heavy (non-hydrogen) atoms. The molecule has 3 aromatic rings. The minimum absolute atomic E-state index is 0.267. The zero-order valence-corrected chi connectivity index (χ0v) is 11.8. The Bertz CT molecular complexity index is 785. The first-order valence-corrected chi connectivity index (χ1v) is 6.54. The lowest BCUT2D eigenvalue weighted by atomic mass is 10.2. The van der Waals surface area contributed by atoms with Crippen molar-refractivity contribution in [3.8, 4) is 17.3 Å². The molecule has 0 aliphatic rings. The third-order valence-electron chi connectivity index (χ3n) is 3.02. The number of nitrogens with zero attached hydrogens (tertiary/aromatic N) is 3. The summed E-state index contributed by atoms with van der Waals surface area (Å²) in [7, 11) is 1.47. The number of hydrogen-bond donors (Lipinski definition) is 2. The number of H-pyrrole nitrogens is 1. The molecule has 0 aliphatic heterocycles. The fourth-order valence-electron chi connectivity index (χ4n) is 2.00. The zero-order valence-electron chi connectivity index (χ0n) is 11.8. The Balaban J connectivity index is 1.88. The number of hydrogen-bond acceptors (Lipinski definition) is 5. The fourth-order valence-corrected chi connectivity index (χ4v) is 2.00. The SMILES string of the molecule is COc1ncccc1C(=O)Nc1cn[nH]c1-c1ccccn1. The summed E-state index contributed by atoms with van der Waals surface area (Å²) < 4.78 is 5.09. The Morgan fingerprint density at radius 3 is 2.82 bits per heavy atom. The van der Waals surface area contributed by atoms with E-state index in [0.29, 0.717) is 22.6 Å². The molecule has 3 heterocycles. The van der Waals surface area contributed by atoms with Crippen LogP contribution in [0.1, 0.15) is 10.4 Å². The highest BCUT2D eigenvalue weighted by atomic mass is 16.5. The lowest BCUT2D eigenvalue weighted by molar-refractivity contribution is 0.102. The minimum Gasteiger partial charge on any atom is -0.480 e. The van der Waals surface area contributed by atoms with Gasteiger partial charge < -0.3 is 10.1 Å². The van der Waals surface area contributed by atoms with Crippen molar-refractivity contribution in [3.63, 3.8) is 0 Å². The summed E-state index contributed by atoms with van der Waals surface area (Å²) in [6.07, 6.45) is 4.77. The van der Waals surface area contributed by atoms with Crippen LogP contribution in [0, 0.1) is 0 Å². The maximum Gasteiger partial charge on any atom is 0.261 e. The molecule has 3 aromatic heterocycles. The van der Waals surface area contributed by atoms with E-state index in [1.54, 1.807) is 24.5 Å². The van der Waals surface area contributed by atoms with E-state index in [9.17, 15) is 4.79 Å². The molecular formula is C15H13N5O2. The van der Waals surface area contributed by atoms with Crippen molar-refractivity contribution >= 4 is 11.6 Å². The first kappa shape index (κ1) is 13.7. The third-order valence-corrected chi connectivity index (χ3v) is 3.02. The van der Waals surface area contributed by atoms with Crippen molar-refractivity contribution in [2.24, 2.45) is 0 Å². The summed E-state index contributed by atoms with van der Waals surface area (Å²) >= 11 is 0. The molecule has 110 valence electrons. The average molecular weight is 295 g/mol. The second-order valence-electron chi connectivity index (χ2n) is 4.39. The molecule has 2 N–H and O–H groups in total. The predicted molar refractivity (Wildman–Crippen MR) is 80.6 cm³/mol. The summed E-state index contributed by atoms with van der Waals surface area (Å²) in [5.74, 6) is -0.0635. The molecule has 1 amide bonds. The van der Waals surface area contributed by atoms with Gasteiger partial charge in [-0.3, -0.25) is 14.9 Å². The monoisotopic (exact) mass is 295 g/mol. The smallest absolute Gasteiger partial charge is 0.261 e. The number of amides is 1. The molecule has 0 unspecified atom stereocenters. The third kappa shape index (κ3) is 2.64. The Hall–Kier alpha value is -3.22. The van der Waals surface area contributed by atoms with Crippen molar-refractivity contribution in [1.29, 1.82) is 0 Å². The van der Waals surface area contributed by atoms with Gasteiger partial charge in [0.25, 0.3) is 5.91 Å². The van der Waals surface area contributed by atoms with E-state index >= 15 is 0 Å². The lowest BCUT2D eigenvalue weighted by Crippen LogP contribution is -2.14. The summed E-state index contributed by atoms with van der Waals surface area (Å²) in [4.78, 5) is 20.6. The second kappa shape index (κ2) is 6.04. The largest absolute Gasteiger partial charge is 0.480 e. The van der Waals surface area contributed by atoms with Gasteiger partial charge >= 0.3 is 0 Å². The Labute approximate surface area is 126 Å². The molecule has 0 aliphatic carbocycles. The molecular weight excluding hydrogens is 282 g/mol. The Morgan fingerprint density at radius 1 is 1.18 bits per heavy atom. The zero-order chi connectivity index (χ0) is 15.4. The van der Waals surface area contributed by atoms with Crippen molar-refractivity contribution < 1.29 is 9.53 Å². The van der Waals surface area contributed by atoms with E-state index < -0.39 is 0 Å². The van der Waals surface area contributed by atoms with Gasteiger partial charge in [-0.1, -0.05) is 6.07 Å². The number of rotatable bonds is 4. The van der Waals surface area contributed by atoms with Crippen LogP contribution in [-0.2, 0) is 0 Å². The van der Waals surface area contributed by atoms with Crippen molar-refractivity contribution in [2.75, 3.05) is 12.4 Å². The number of methoxy groups -OCH3 is 1. The quantitative estimate of drug-likeness (QED) is 0.769. The molecule has 0 saturated carbocycles. The van der Waals surface area contributed by atoms with Crippen molar-refractivity contribution in [1.82, 2.24) is 20.2 Å². The standard InChI is InChI=1S/C15H13N5O2/c1-22-15-10(5-4-8-17-15)14(21)19-12-9-18-20-13(12)11-6-2-3-7-16-11/h2-9H,1H3,(H,18,20)(H,19,21). The lowest BCUT2D eigenvalue weighted by Gasteiger charge is -2.08. The maximum atomic E-state index is 12.4. The highest BCUT2D eigenvalue weighted by Gasteiger charge is 2.16. The van der Waals surface area contributed by atoms with E-state index in [-0.39, 0.29) is 11.8 Å². The normalized spacial score (nSPS) is 10.2. The van der Waals surface area contributed by atoms with E-state index in [4.69, 9.17) is 4.74 Å². The van der Waals surface area contributed by atoms with Crippen molar-refractivity contribution in [2.45, 2.75) is 0 Å². The van der Waals surface area contributed by atoms with E-state index in [0.717, 1.165) is 0 Å². The predicted octanol–water partition coefficient (Wildman–Crippen LogP) is 2.13.